The van der Waals surface area contributed by atoms with Gasteiger partial charge in [0.2, 0.25) is 0 Å². The van der Waals surface area contributed by atoms with Crippen LogP contribution in [0.3, 0.4) is 0 Å². The minimum Gasteiger partial charge on any atom is -0.508 e. The second-order valence-electron chi connectivity index (χ2n) is 5.58. The van der Waals surface area contributed by atoms with Crippen molar-refractivity contribution in [1.29, 1.82) is 0 Å². The summed E-state index contributed by atoms with van der Waals surface area (Å²) in [6, 6.07) is 13.5. The minimum absolute atomic E-state index is 0.0486. The summed E-state index contributed by atoms with van der Waals surface area (Å²) in [6.07, 6.45) is 0. The number of hydrogen-bond acceptors (Lipinski definition) is 6. The summed E-state index contributed by atoms with van der Waals surface area (Å²) >= 11 is 1.30. The van der Waals surface area contributed by atoms with Gasteiger partial charge in [-0.2, -0.15) is 0 Å². The molecule has 0 radical (unpaired) electrons. The Labute approximate surface area is 154 Å². The number of rotatable bonds is 5. The molecule has 6 nitrogen and oxygen atoms in total. The first-order valence-corrected chi connectivity index (χ1v) is 8.68. The van der Waals surface area contributed by atoms with Crippen LogP contribution < -0.4 is 5.32 Å². The molecule has 7 heteroatoms. The topological polar surface area (TPSA) is 88.5 Å². The lowest BCUT2D eigenvalue weighted by Gasteiger charge is -2.05. The number of anilines is 1. The Bertz CT molecular complexity index is 917. The molecule has 0 aliphatic heterocycles. The Balaban J connectivity index is 1.54. The van der Waals surface area contributed by atoms with E-state index in [0.29, 0.717) is 5.13 Å². The Morgan fingerprint density at radius 2 is 1.81 bits per heavy atom. The molecule has 0 aliphatic rings. The summed E-state index contributed by atoms with van der Waals surface area (Å²) in [5.41, 5.74) is 3.15. The number of thiazole rings is 1. The van der Waals surface area contributed by atoms with Crippen molar-refractivity contribution in [3.8, 4) is 17.0 Å². The number of phenolic OH excluding ortho intramolecular Hbond substituents is 1. The highest BCUT2D eigenvalue weighted by atomic mass is 32.1. The van der Waals surface area contributed by atoms with Gasteiger partial charge in [-0.1, -0.05) is 29.8 Å². The van der Waals surface area contributed by atoms with E-state index in [4.69, 9.17) is 4.74 Å². The smallest absolute Gasteiger partial charge is 0.338 e. The number of nitrogens with one attached hydrogen (secondary N) is 1. The van der Waals surface area contributed by atoms with Crippen molar-refractivity contribution in [3.63, 3.8) is 0 Å². The van der Waals surface area contributed by atoms with Crippen molar-refractivity contribution in [3.05, 3.63) is 65.0 Å². The summed E-state index contributed by atoms with van der Waals surface area (Å²) in [5, 5.41) is 14.1. The molecule has 132 valence electrons. The van der Waals surface area contributed by atoms with E-state index in [-0.39, 0.29) is 11.3 Å². The van der Waals surface area contributed by atoms with E-state index < -0.39 is 18.5 Å². The van der Waals surface area contributed by atoms with E-state index in [2.05, 4.69) is 10.3 Å². The van der Waals surface area contributed by atoms with Crippen molar-refractivity contribution < 1.29 is 19.4 Å². The average Bonchev–Trinajstić information content (AvgIpc) is 3.09. The number of phenols is 1. The number of amides is 1. The van der Waals surface area contributed by atoms with Gasteiger partial charge >= 0.3 is 5.97 Å². The van der Waals surface area contributed by atoms with Crippen LogP contribution in [0, 0.1) is 6.92 Å². The molecular formula is C19H16N2O4S. The van der Waals surface area contributed by atoms with E-state index in [1.54, 1.807) is 0 Å². The fourth-order valence-corrected chi connectivity index (χ4v) is 2.89. The number of aromatic nitrogens is 1. The third-order valence-electron chi connectivity index (χ3n) is 3.54. The minimum atomic E-state index is -0.639. The number of aromatic hydroxyl groups is 1. The third kappa shape index (κ3) is 4.46. The number of carbonyl (C=O) groups is 2. The number of nitrogens with zero attached hydrogens (tertiary/aromatic N) is 1. The summed E-state index contributed by atoms with van der Waals surface area (Å²) < 4.78 is 4.95. The van der Waals surface area contributed by atoms with Gasteiger partial charge < -0.3 is 9.84 Å². The fourth-order valence-electron chi connectivity index (χ4n) is 2.16. The van der Waals surface area contributed by atoms with Gasteiger partial charge in [0.15, 0.2) is 11.7 Å². The predicted molar refractivity (Wildman–Crippen MR) is 99.3 cm³/mol. The molecule has 2 N–H and O–H groups in total. The summed E-state index contributed by atoms with van der Waals surface area (Å²) in [4.78, 5) is 28.1. The molecule has 1 heterocycles. The molecule has 0 fully saturated rings. The SMILES string of the molecule is Cc1ccc(-c2csc(NC(=O)COC(=O)c3ccc(O)cc3)n2)cc1. The Morgan fingerprint density at radius 3 is 2.50 bits per heavy atom. The standard InChI is InChI=1S/C19H16N2O4S/c1-12-2-4-13(5-3-12)16-11-26-19(20-16)21-17(23)10-25-18(24)14-6-8-15(22)9-7-14/h2-9,11,22H,10H2,1H3,(H,20,21,23). The van der Waals surface area contributed by atoms with Crippen LogP contribution in [-0.2, 0) is 9.53 Å². The number of ether oxygens (including phenoxy) is 1. The van der Waals surface area contributed by atoms with Gasteiger partial charge in [-0.05, 0) is 31.2 Å². The van der Waals surface area contributed by atoms with Gasteiger partial charge in [0.25, 0.3) is 5.91 Å². The predicted octanol–water partition coefficient (Wildman–Crippen LogP) is 3.62. The van der Waals surface area contributed by atoms with Crippen LogP contribution in [0.1, 0.15) is 15.9 Å². The zero-order valence-corrected chi connectivity index (χ0v) is 14.7. The van der Waals surface area contributed by atoms with Crippen LogP contribution in [-0.4, -0.2) is 28.6 Å². The van der Waals surface area contributed by atoms with E-state index in [1.807, 2.05) is 36.6 Å². The highest BCUT2D eigenvalue weighted by molar-refractivity contribution is 7.14. The maximum Gasteiger partial charge on any atom is 0.338 e. The van der Waals surface area contributed by atoms with Gasteiger partial charge in [-0.15, -0.1) is 11.3 Å². The number of esters is 1. The molecule has 2 aromatic carbocycles. The molecule has 3 aromatic rings. The van der Waals surface area contributed by atoms with Gasteiger partial charge in [-0.3, -0.25) is 10.1 Å². The maximum atomic E-state index is 11.9. The Morgan fingerprint density at radius 1 is 1.12 bits per heavy atom. The second-order valence-corrected chi connectivity index (χ2v) is 6.43. The Kier molecular flexibility index (Phi) is 5.28. The summed E-state index contributed by atoms with van der Waals surface area (Å²) in [5.74, 6) is -1.06. The molecule has 26 heavy (non-hydrogen) atoms. The lowest BCUT2D eigenvalue weighted by Crippen LogP contribution is -2.20. The zero-order chi connectivity index (χ0) is 18.5. The maximum absolute atomic E-state index is 11.9. The van der Waals surface area contributed by atoms with Crippen LogP contribution >= 0.6 is 11.3 Å². The third-order valence-corrected chi connectivity index (χ3v) is 4.29. The number of carbonyl (C=O) groups excluding carboxylic acids is 2. The van der Waals surface area contributed by atoms with Gasteiger partial charge in [-0.25, -0.2) is 9.78 Å². The molecule has 0 aliphatic carbocycles. The van der Waals surface area contributed by atoms with E-state index in [9.17, 15) is 14.7 Å². The van der Waals surface area contributed by atoms with Gasteiger partial charge in [0.05, 0.1) is 11.3 Å². The molecular weight excluding hydrogens is 352 g/mol. The normalized spacial score (nSPS) is 10.3. The van der Waals surface area contributed by atoms with Crippen molar-refractivity contribution >= 4 is 28.3 Å². The monoisotopic (exact) mass is 368 g/mol. The number of hydrogen-bond donors (Lipinski definition) is 2. The van der Waals surface area contributed by atoms with Crippen LogP contribution in [0.4, 0.5) is 5.13 Å². The van der Waals surface area contributed by atoms with Crippen molar-refractivity contribution in [1.82, 2.24) is 4.98 Å². The molecule has 1 aromatic heterocycles. The van der Waals surface area contributed by atoms with Crippen LogP contribution in [0.25, 0.3) is 11.3 Å². The van der Waals surface area contributed by atoms with Crippen LogP contribution in [0.2, 0.25) is 0 Å². The zero-order valence-electron chi connectivity index (χ0n) is 13.9. The molecule has 0 spiro atoms. The number of benzene rings is 2. The Hall–Kier alpha value is -3.19. The summed E-state index contributed by atoms with van der Waals surface area (Å²) in [6.45, 7) is 1.59. The molecule has 3 rings (SSSR count). The molecule has 1 amide bonds. The lowest BCUT2D eigenvalue weighted by molar-refractivity contribution is -0.119. The van der Waals surface area contributed by atoms with Gasteiger partial charge in [0.1, 0.15) is 5.75 Å². The van der Waals surface area contributed by atoms with Crippen molar-refractivity contribution in [2.45, 2.75) is 6.92 Å². The highest BCUT2D eigenvalue weighted by Crippen LogP contribution is 2.25. The molecule has 0 saturated carbocycles. The van der Waals surface area contributed by atoms with Crippen LogP contribution in [0.5, 0.6) is 5.75 Å². The second kappa shape index (κ2) is 7.79. The molecule has 0 bridgehead atoms. The first-order chi connectivity index (χ1) is 12.5. The van der Waals surface area contributed by atoms with Crippen molar-refractivity contribution in [2.24, 2.45) is 0 Å². The fraction of sp³-hybridized carbons (Fsp3) is 0.105. The van der Waals surface area contributed by atoms with Crippen LogP contribution in [0.15, 0.2) is 53.9 Å². The first kappa shape index (κ1) is 17.6. The van der Waals surface area contributed by atoms with E-state index in [0.717, 1.165) is 16.8 Å². The van der Waals surface area contributed by atoms with E-state index >= 15 is 0 Å². The van der Waals surface area contributed by atoms with Gasteiger partial charge in [0, 0.05) is 10.9 Å². The average molecular weight is 368 g/mol. The molecule has 0 saturated heterocycles. The largest absolute Gasteiger partial charge is 0.508 e. The first-order valence-electron chi connectivity index (χ1n) is 7.80. The lowest BCUT2D eigenvalue weighted by atomic mass is 10.1. The van der Waals surface area contributed by atoms with Crippen molar-refractivity contribution in [2.75, 3.05) is 11.9 Å². The van der Waals surface area contributed by atoms with E-state index in [1.165, 1.54) is 35.6 Å². The summed E-state index contributed by atoms with van der Waals surface area (Å²) in [7, 11) is 0. The quantitative estimate of drug-likeness (QED) is 0.672. The molecule has 0 unspecified atom stereocenters. The molecule has 0 atom stereocenters. The number of aryl methyl sites for hydroxylation is 1. The highest BCUT2D eigenvalue weighted by Gasteiger charge is 2.12.